The van der Waals surface area contributed by atoms with E-state index in [1.807, 2.05) is 6.92 Å². The number of carbonyl (C=O) groups excluding carboxylic acids is 1. The fourth-order valence-electron chi connectivity index (χ4n) is 11.1. The quantitative estimate of drug-likeness (QED) is 0.454. The van der Waals surface area contributed by atoms with Crippen LogP contribution in [0.2, 0.25) is 0 Å². The number of carbonyl (C=O) groups is 1. The number of aliphatic hydroxyl groups is 2. The molecule has 0 radical (unpaired) electrons. The molecule has 10 atom stereocenters. The van der Waals surface area contributed by atoms with Gasteiger partial charge in [-0.05, 0) is 103 Å². The third-order valence-electron chi connectivity index (χ3n) is 13.4. The lowest BCUT2D eigenvalue weighted by Gasteiger charge is -2.72. The Bertz CT molecular complexity index is 891. The van der Waals surface area contributed by atoms with Crippen LogP contribution in [0.5, 0.6) is 0 Å². The molecule has 5 rings (SSSR count). The predicted octanol–water partition coefficient (Wildman–Crippen LogP) is 6.32. The van der Waals surface area contributed by atoms with Gasteiger partial charge in [0.1, 0.15) is 5.78 Å². The van der Waals surface area contributed by atoms with Crippen molar-refractivity contribution in [2.24, 2.45) is 50.7 Å². The van der Waals surface area contributed by atoms with E-state index in [1.165, 1.54) is 0 Å². The average molecular weight is 457 g/mol. The zero-order valence-electron chi connectivity index (χ0n) is 22.3. The van der Waals surface area contributed by atoms with Crippen molar-refractivity contribution >= 4 is 5.78 Å². The van der Waals surface area contributed by atoms with E-state index in [0.717, 1.165) is 56.9 Å². The van der Waals surface area contributed by atoms with E-state index in [0.29, 0.717) is 24.0 Å². The second kappa shape index (κ2) is 6.75. The molecule has 0 aromatic carbocycles. The van der Waals surface area contributed by atoms with E-state index < -0.39 is 5.60 Å². The number of hydrogen-bond acceptors (Lipinski definition) is 3. The molecule has 0 heterocycles. The smallest absolute Gasteiger partial charge is 0.137 e. The maximum Gasteiger partial charge on any atom is 0.137 e. The minimum Gasteiger partial charge on any atom is -0.393 e. The maximum atomic E-state index is 14.3. The Morgan fingerprint density at radius 3 is 2.15 bits per heavy atom. The highest BCUT2D eigenvalue weighted by molar-refractivity contribution is 5.84. The molecule has 2 N–H and O–H groups in total. The molecule has 3 nitrogen and oxygen atoms in total. The van der Waals surface area contributed by atoms with Crippen LogP contribution in [0.15, 0.2) is 12.2 Å². The van der Waals surface area contributed by atoms with E-state index in [9.17, 15) is 15.0 Å². The van der Waals surface area contributed by atoms with Crippen LogP contribution in [0, 0.1) is 50.7 Å². The first-order chi connectivity index (χ1) is 15.1. The Labute approximate surface area is 201 Å². The first-order valence-corrected chi connectivity index (χ1v) is 13.7. The van der Waals surface area contributed by atoms with Crippen LogP contribution in [0.4, 0.5) is 0 Å². The molecule has 5 aliphatic rings. The maximum absolute atomic E-state index is 14.3. The van der Waals surface area contributed by atoms with Crippen molar-refractivity contribution in [2.75, 3.05) is 0 Å². The summed E-state index contributed by atoms with van der Waals surface area (Å²) in [4.78, 5) is 14.3. The molecule has 5 fully saturated rings. The van der Waals surface area contributed by atoms with Gasteiger partial charge in [0.2, 0.25) is 0 Å². The monoisotopic (exact) mass is 456 g/mol. The summed E-state index contributed by atoms with van der Waals surface area (Å²) in [5.41, 5.74) is -0.0906. The number of aliphatic hydroxyl groups excluding tert-OH is 1. The Balaban J connectivity index is 1.62. The summed E-state index contributed by atoms with van der Waals surface area (Å²) in [7, 11) is 0. The molecule has 3 heteroatoms. The van der Waals surface area contributed by atoms with Crippen molar-refractivity contribution in [2.45, 2.75) is 118 Å². The molecule has 0 unspecified atom stereocenters. The van der Waals surface area contributed by atoms with Crippen molar-refractivity contribution < 1.29 is 15.0 Å². The summed E-state index contributed by atoms with van der Waals surface area (Å²) in [6.07, 6.45) is 8.45. The van der Waals surface area contributed by atoms with Gasteiger partial charge < -0.3 is 10.2 Å². The molecule has 0 saturated heterocycles. The Morgan fingerprint density at radius 2 is 1.52 bits per heavy atom. The summed E-state index contributed by atoms with van der Waals surface area (Å²) in [6, 6.07) is 0. The second-order valence-corrected chi connectivity index (χ2v) is 14.8. The summed E-state index contributed by atoms with van der Waals surface area (Å²) < 4.78 is 0. The summed E-state index contributed by atoms with van der Waals surface area (Å²) >= 11 is 0. The Hall–Kier alpha value is -0.670. The predicted molar refractivity (Wildman–Crippen MR) is 132 cm³/mol. The molecular formula is C30H48O3. The summed E-state index contributed by atoms with van der Waals surface area (Å²) in [5.74, 6) is 1.12. The van der Waals surface area contributed by atoms with Crippen molar-refractivity contribution in [3.63, 3.8) is 0 Å². The highest BCUT2D eigenvalue weighted by Crippen LogP contribution is 2.77. The number of fused-ring (bicyclic) bond motifs is 7. The Kier molecular flexibility index (Phi) is 4.92. The first-order valence-electron chi connectivity index (χ1n) is 13.7. The average Bonchev–Trinajstić information content (AvgIpc) is 3.00. The van der Waals surface area contributed by atoms with Crippen molar-refractivity contribution in [3.05, 3.63) is 12.2 Å². The molecule has 5 aliphatic carbocycles. The molecule has 0 spiro atoms. The van der Waals surface area contributed by atoms with E-state index in [-0.39, 0.29) is 45.0 Å². The molecule has 5 saturated carbocycles. The van der Waals surface area contributed by atoms with Gasteiger partial charge in [0.15, 0.2) is 0 Å². The second-order valence-electron chi connectivity index (χ2n) is 14.8. The van der Waals surface area contributed by atoms with E-state index in [2.05, 4.69) is 48.1 Å². The lowest BCUT2D eigenvalue weighted by molar-refractivity contribution is -0.244. The minimum absolute atomic E-state index is 0.0123. The van der Waals surface area contributed by atoms with Gasteiger partial charge in [-0.1, -0.05) is 48.1 Å². The van der Waals surface area contributed by atoms with Crippen LogP contribution in [0.3, 0.4) is 0 Å². The normalized spacial score (nSPS) is 57.5. The third-order valence-corrected chi connectivity index (χ3v) is 13.4. The van der Waals surface area contributed by atoms with Crippen LogP contribution in [0.25, 0.3) is 0 Å². The number of hydrogen-bond donors (Lipinski definition) is 2. The van der Waals surface area contributed by atoms with E-state index >= 15 is 0 Å². The van der Waals surface area contributed by atoms with E-state index in [1.54, 1.807) is 0 Å². The molecule has 0 amide bonds. The topological polar surface area (TPSA) is 57.5 Å². The lowest BCUT2D eigenvalue weighted by Crippen LogP contribution is -2.69. The number of ketones is 1. The van der Waals surface area contributed by atoms with Crippen LogP contribution < -0.4 is 0 Å². The molecule has 0 aromatic heterocycles. The van der Waals surface area contributed by atoms with E-state index in [4.69, 9.17) is 0 Å². The summed E-state index contributed by atoms with van der Waals surface area (Å²) in [6.45, 7) is 20.4. The number of rotatable bonds is 1. The van der Waals surface area contributed by atoms with Gasteiger partial charge >= 0.3 is 0 Å². The number of Topliss-reactive ketones (excluding diaryl/α,β-unsaturated/α-hetero) is 1. The van der Waals surface area contributed by atoms with Crippen LogP contribution in [-0.4, -0.2) is 27.7 Å². The van der Waals surface area contributed by atoms with Crippen LogP contribution in [-0.2, 0) is 4.79 Å². The molecule has 0 aliphatic heterocycles. The van der Waals surface area contributed by atoms with Crippen molar-refractivity contribution in [1.82, 2.24) is 0 Å². The van der Waals surface area contributed by atoms with Gasteiger partial charge in [0.25, 0.3) is 0 Å². The van der Waals surface area contributed by atoms with Gasteiger partial charge in [0, 0.05) is 18.3 Å². The highest BCUT2D eigenvalue weighted by atomic mass is 16.3. The van der Waals surface area contributed by atoms with Crippen LogP contribution >= 0.6 is 0 Å². The van der Waals surface area contributed by atoms with Crippen LogP contribution in [0.1, 0.15) is 106 Å². The Morgan fingerprint density at radius 1 is 0.879 bits per heavy atom. The first kappa shape index (κ1) is 24.0. The van der Waals surface area contributed by atoms with Gasteiger partial charge in [-0.15, -0.1) is 0 Å². The largest absolute Gasteiger partial charge is 0.393 e. The molecule has 33 heavy (non-hydrogen) atoms. The molecular weight excluding hydrogens is 408 g/mol. The third kappa shape index (κ3) is 2.68. The summed E-state index contributed by atoms with van der Waals surface area (Å²) in [5, 5.41) is 22.8. The van der Waals surface area contributed by atoms with Gasteiger partial charge in [-0.3, -0.25) is 4.79 Å². The lowest BCUT2D eigenvalue weighted by atomic mass is 9.32. The molecule has 0 bridgehead atoms. The zero-order valence-corrected chi connectivity index (χ0v) is 22.3. The molecule has 0 aromatic rings. The molecule has 186 valence electrons. The minimum atomic E-state index is -0.919. The fourth-order valence-corrected chi connectivity index (χ4v) is 11.1. The SMILES string of the molecule is C=C(C)[C@]1(O)CC[C@@]2(C)CC[C@]3(C)[C@H](C(=O)C[C@@H]4[C@]5(C)CC[C@H](O)C(C)(C)[C@H]5CC[C@]43C)[C@H]21. The standard InChI is InChI=1S/C30H48O3/c1-18(2)30(33)16-14-26(5)13-15-29(8)23(24(26)30)19(31)17-21-27(6)11-10-22(32)25(3,4)20(27)9-12-28(21,29)7/h20-24,32-33H,1,9-17H2,2-8H3/t20-,21-,22+,23-,24-,26-,27-,28-,29-,30-/m1/s1. The van der Waals surface area contributed by atoms with Gasteiger partial charge in [-0.25, -0.2) is 0 Å². The fraction of sp³-hybridized carbons (Fsp3) is 0.900. The van der Waals surface area contributed by atoms with Gasteiger partial charge in [-0.2, -0.15) is 0 Å². The van der Waals surface area contributed by atoms with Crippen molar-refractivity contribution in [3.8, 4) is 0 Å². The van der Waals surface area contributed by atoms with Crippen molar-refractivity contribution in [1.29, 1.82) is 0 Å². The van der Waals surface area contributed by atoms with Gasteiger partial charge in [0.05, 0.1) is 11.7 Å². The zero-order chi connectivity index (χ0) is 24.4. The highest BCUT2D eigenvalue weighted by Gasteiger charge is 2.74.